The molecule has 2 aliphatic heterocycles. The fourth-order valence-corrected chi connectivity index (χ4v) is 5.39. The lowest BCUT2D eigenvalue weighted by molar-refractivity contribution is 0.133. The second-order valence-electron chi connectivity index (χ2n) is 8.50. The van der Waals surface area contributed by atoms with E-state index in [1.54, 1.807) is 17.7 Å². The Bertz CT molecular complexity index is 775. The number of amides is 2. The van der Waals surface area contributed by atoms with Crippen molar-refractivity contribution < 1.29 is 4.79 Å². The summed E-state index contributed by atoms with van der Waals surface area (Å²) in [7, 11) is 1.99. The molecule has 0 spiro atoms. The van der Waals surface area contributed by atoms with Gasteiger partial charge >= 0.3 is 6.03 Å². The molecule has 8 heteroatoms. The average Bonchev–Trinajstić information content (AvgIpc) is 3.41. The summed E-state index contributed by atoms with van der Waals surface area (Å²) in [5.74, 6) is 2.22. The molecule has 4 heterocycles. The van der Waals surface area contributed by atoms with E-state index in [0.717, 1.165) is 50.8 Å². The molecule has 2 aromatic heterocycles. The Labute approximate surface area is 177 Å². The molecule has 4 rings (SSSR count). The van der Waals surface area contributed by atoms with E-state index in [1.165, 1.54) is 17.7 Å². The molecular formula is C21H32N6OS. The smallest absolute Gasteiger partial charge is 0.317 e. The highest BCUT2D eigenvalue weighted by Crippen LogP contribution is 2.29. The van der Waals surface area contributed by atoms with Gasteiger partial charge in [0.2, 0.25) is 0 Å². The minimum atomic E-state index is 0.0633. The number of aryl methyl sites for hydroxylation is 1. The highest BCUT2D eigenvalue weighted by molar-refractivity contribution is 7.10. The van der Waals surface area contributed by atoms with Crippen LogP contribution in [0, 0.1) is 5.92 Å². The van der Waals surface area contributed by atoms with Crippen molar-refractivity contribution in [2.24, 2.45) is 13.0 Å². The molecule has 0 saturated carbocycles. The molecule has 2 amide bonds. The largest absolute Gasteiger partial charge is 0.336 e. The van der Waals surface area contributed by atoms with E-state index >= 15 is 0 Å². The quantitative estimate of drug-likeness (QED) is 0.813. The number of carbonyl (C=O) groups is 1. The lowest BCUT2D eigenvalue weighted by Gasteiger charge is -2.37. The number of nitrogens with zero attached hydrogens (tertiary/aromatic N) is 5. The molecular weight excluding hydrogens is 384 g/mol. The Morgan fingerprint density at radius 1 is 1.24 bits per heavy atom. The summed E-state index contributed by atoms with van der Waals surface area (Å²) in [5, 5.41) is 13.6. The third kappa shape index (κ3) is 4.80. The molecule has 2 fully saturated rings. The zero-order valence-electron chi connectivity index (χ0n) is 17.5. The van der Waals surface area contributed by atoms with Gasteiger partial charge < -0.3 is 14.8 Å². The monoisotopic (exact) mass is 416 g/mol. The van der Waals surface area contributed by atoms with Crippen LogP contribution in [-0.4, -0.2) is 63.3 Å². The number of aromatic nitrogens is 3. The van der Waals surface area contributed by atoms with Crippen LogP contribution in [0.5, 0.6) is 0 Å². The molecule has 0 bridgehead atoms. The number of likely N-dealkylation sites (tertiary alicyclic amines) is 2. The van der Waals surface area contributed by atoms with Gasteiger partial charge in [0.05, 0.1) is 6.04 Å². The zero-order chi connectivity index (χ0) is 20.2. The summed E-state index contributed by atoms with van der Waals surface area (Å²) in [6, 6.07) is 4.65. The van der Waals surface area contributed by atoms with Gasteiger partial charge in [0.25, 0.3) is 0 Å². The Balaban J connectivity index is 1.31. The molecule has 0 radical (unpaired) electrons. The third-order valence-corrected chi connectivity index (χ3v) is 7.44. The molecule has 2 aliphatic rings. The standard InChI is InChI=1S/C21H32N6OS/c1-16-5-9-26(10-6-16)18(19-4-3-13-29-19)14-22-21(28)27-11-7-17(8-12-27)20-24-23-15-25(20)2/h3-4,13,15-18H,5-12,14H2,1-2H3,(H,22,28). The summed E-state index contributed by atoms with van der Waals surface area (Å²) in [6.45, 7) is 6.79. The first-order valence-corrected chi connectivity index (χ1v) is 11.6. The minimum absolute atomic E-state index is 0.0633. The van der Waals surface area contributed by atoms with Crippen LogP contribution in [0.15, 0.2) is 23.8 Å². The number of thiophene rings is 1. The number of hydrogen-bond acceptors (Lipinski definition) is 5. The van der Waals surface area contributed by atoms with Gasteiger partial charge in [0.1, 0.15) is 12.2 Å². The van der Waals surface area contributed by atoms with Crippen LogP contribution >= 0.6 is 11.3 Å². The van der Waals surface area contributed by atoms with Crippen LogP contribution in [0.25, 0.3) is 0 Å². The van der Waals surface area contributed by atoms with Crippen LogP contribution in [0.1, 0.15) is 55.3 Å². The maximum Gasteiger partial charge on any atom is 0.317 e. The molecule has 158 valence electrons. The topological polar surface area (TPSA) is 66.3 Å². The number of urea groups is 1. The van der Waals surface area contributed by atoms with Crippen LogP contribution < -0.4 is 5.32 Å². The van der Waals surface area contributed by atoms with Crippen molar-refractivity contribution in [2.75, 3.05) is 32.7 Å². The number of nitrogens with one attached hydrogen (secondary N) is 1. The summed E-state index contributed by atoms with van der Waals surface area (Å²) < 4.78 is 1.99. The van der Waals surface area contributed by atoms with Gasteiger partial charge in [-0.25, -0.2) is 4.79 Å². The van der Waals surface area contributed by atoms with Crippen LogP contribution in [0.2, 0.25) is 0 Å². The van der Waals surface area contributed by atoms with Crippen molar-refractivity contribution >= 4 is 17.4 Å². The average molecular weight is 417 g/mol. The lowest BCUT2D eigenvalue weighted by Crippen LogP contribution is -2.47. The zero-order valence-corrected chi connectivity index (χ0v) is 18.3. The number of piperidine rings is 2. The predicted molar refractivity (Wildman–Crippen MR) is 115 cm³/mol. The molecule has 1 atom stereocenters. The highest BCUT2D eigenvalue weighted by atomic mass is 32.1. The maximum absolute atomic E-state index is 12.8. The van der Waals surface area contributed by atoms with Gasteiger partial charge in [0.15, 0.2) is 0 Å². The van der Waals surface area contributed by atoms with E-state index < -0.39 is 0 Å². The van der Waals surface area contributed by atoms with Crippen molar-refractivity contribution in [3.8, 4) is 0 Å². The van der Waals surface area contributed by atoms with E-state index in [2.05, 4.69) is 44.9 Å². The number of carbonyl (C=O) groups excluding carboxylic acids is 1. The minimum Gasteiger partial charge on any atom is -0.336 e. The summed E-state index contributed by atoms with van der Waals surface area (Å²) in [4.78, 5) is 18.7. The molecule has 29 heavy (non-hydrogen) atoms. The molecule has 2 saturated heterocycles. The number of hydrogen-bond donors (Lipinski definition) is 1. The maximum atomic E-state index is 12.8. The highest BCUT2D eigenvalue weighted by Gasteiger charge is 2.29. The Kier molecular flexibility index (Phi) is 6.50. The molecule has 0 aliphatic carbocycles. The predicted octanol–water partition coefficient (Wildman–Crippen LogP) is 3.24. The van der Waals surface area contributed by atoms with Gasteiger partial charge in [-0.3, -0.25) is 4.90 Å². The second-order valence-corrected chi connectivity index (χ2v) is 9.48. The SMILES string of the molecule is CC1CCN(C(CNC(=O)N2CCC(c3nncn3C)CC2)c2cccs2)CC1. The molecule has 2 aromatic rings. The van der Waals surface area contributed by atoms with Crippen molar-refractivity contribution in [1.82, 2.24) is 29.9 Å². The van der Waals surface area contributed by atoms with E-state index in [9.17, 15) is 4.79 Å². The molecule has 7 nitrogen and oxygen atoms in total. The molecule has 1 unspecified atom stereocenters. The fraction of sp³-hybridized carbons (Fsp3) is 0.667. The van der Waals surface area contributed by atoms with Crippen LogP contribution in [0.3, 0.4) is 0 Å². The number of rotatable bonds is 5. The van der Waals surface area contributed by atoms with Gasteiger partial charge in [-0.1, -0.05) is 13.0 Å². The van der Waals surface area contributed by atoms with Gasteiger partial charge in [-0.15, -0.1) is 21.5 Å². The molecule has 0 aromatic carbocycles. The Hall–Kier alpha value is -1.93. The van der Waals surface area contributed by atoms with Crippen LogP contribution in [-0.2, 0) is 7.05 Å². The van der Waals surface area contributed by atoms with Gasteiger partial charge in [-0.05, 0) is 56.1 Å². The first-order valence-electron chi connectivity index (χ1n) is 10.8. The van der Waals surface area contributed by atoms with Crippen molar-refractivity contribution in [1.29, 1.82) is 0 Å². The van der Waals surface area contributed by atoms with Crippen molar-refractivity contribution in [2.45, 2.75) is 44.6 Å². The Morgan fingerprint density at radius 3 is 2.62 bits per heavy atom. The first kappa shape index (κ1) is 20.3. The Morgan fingerprint density at radius 2 is 2.00 bits per heavy atom. The molecule has 1 N–H and O–H groups in total. The van der Waals surface area contributed by atoms with E-state index in [4.69, 9.17) is 0 Å². The van der Waals surface area contributed by atoms with Gasteiger partial charge in [-0.2, -0.15) is 0 Å². The van der Waals surface area contributed by atoms with E-state index in [0.29, 0.717) is 12.5 Å². The van der Waals surface area contributed by atoms with Crippen molar-refractivity contribution in [3.05, 3.63) is 34.5 Å². The summed E-state index contributed by atoms with van der Waals surface area (Å²) in [6.07, 6.45) is 6.12. The van der Waals surface area contributed by atoms with Crippen molar-refractivity contribution in [3.63, 3.8) is 0 Å². The van der Waals surface area contributed by atoms with E-state index in [-0.39, 0.29) is 12.1 Å². The first-order chi connectivity index (χ1) is 14.1. The van der Waals surface area contributed by atoms with Crippen LogP contribution in [0.4, 0.5) is 4.79 Å². The third-order valence-electron chi connectivity index (χ3n) is 6.47. The van der Waals surface area contributed by atoms with Gasteiger partial charge in [0, 0.05) is 37.5 Å². The van der Waals surface area contributed by atoms with E-state index in [1.807, 2.05) is 16.5 Å². The summed E-state index contributed by atoms with van der Waals surface area (Å²) >= 11 is 1.79. The summed E-state index contributed by atoms with van der Waals surface area (Å²) in [5.41, 5.74) is 0. The normalized spacial score (nSPS) is 20.7. The fourth-order valence-electron chi connectivity index (χ4n) is 4.53. The second kappa shape index (κ2) is 9.26. The lowest BCUT2D eigenvalue weighted by atomic mass is 9.96.